The number of hydrogen-bond acceptors (Lipinski definition) is 5. The number of amides is 1. The van der Waals surface area contributed by atoms with Gasteiger partial charge in [0.25, 0.3) is 0 Å². The fourth-order valence-corrected chi connectivity index (χ4v) is 5.03. The molecule has 2 heterocycles. The lowest BCUT2D eigenvalue weighted by atomic mass is 9.74. The van der Waals surface area contributed by atoms with Gasteiger partial charge in [-0.25, -0.2) is 0 Å². The van der Waals surface area contributed by atoms with E-state index in [4.69, 9.17) is 4.74 Å². The average Bonchev–Trinajstić information content (AvgIpc) is 3.21. The maximum atomic E-state index is 13.7. The van der Waals surface area contributed by atoms with Gasteiger partial charge in [-0.1, -0.05) is 13.8 Å². The number of halogens is 3. The summed E-state index contributed by atoms with van der Waals surface area (Å²) in [7, 11) is 1.37. The Hall–Kier alpha value is -2.16. The molecule has 9 heteroatoms. The van der Waals surface area contributed by atoms with E-state index in [1.165, 1.54) is 7.11 Å². The van der Waals surface area contributed by atoms with Gasteiger partial charge in [0.2, 0.25) is 5.91 Å². The number of esters is 1. The van der Waals surface area contributed by atoms with Gasteiger partial charge in [-0.05, 0) is 50.7 Å². The Kier molecular flexibility index (Phi) is 7.13. The number of carbonyl (C=O) groups is 2. The summed E-state index contributed by atoms with van der Waals surface area (Å²) in [5, 5.41) is 3.44. The molecule has 184 valence electrons. The minimum atomic E-state index is -4.46. The summed E-state index contributed by atoms with van der Waals surface area (Å²) in [5.74, 6) is -0.221. The molecule has 33 heavy (non-hydrogen) atoms. The molecule has 2 atom stereocenters. The van der Waals surface area contributed by atoms with Gasteiger partial charge in [0.05, 0.1) is 23.5 Å². The van der Waals surface area contributed by atoms with Crippen LogP contribution in [-0.2, 0) is 33.5 Å². The van der Waals surface area contributed by atoms with Gasteiger partial charge in [-0.15, -0.1) is 0 Å². The quantitative estimate of drug-likeness (QED) is 0.639. The smallest absolute Gasteiger partial charge is 0.417 e. The highest BCUT2D eigenvalue weighted by molar-refractivity contribution is 5.84. The summed E-state index contributed by atoms with van der Waals surface area (Å²) in [6.07, 6.45) is -1.02. The Morgan fingerprint density at radius 1 is 1.33 bits per heavy atom. The molecule has 0 bridgehead atoms. The fourth-order valence-electron chi connectivity index (χ4n) is 5.03. The van der Waals surface area contributed by atoms with Crippen LogP contribution in [0, 0.1) is 16.7 Å². The van der Waals surface area contributed by atoms with Crippen LogP contribution in [0.4, 0.5) is 13.2 Å². The van der Waals surface area contributed by atoms with Crippen molar-refractivity contribution >= 4 is 11.9 Å². The van der Waals surface area contributed by atoms with Crippen LogP contribution in [0.3, 0.4) is 0 Å². The minimum Gasteiger partial charge on any atom is -0.469 e. The number of pyridine rings is 1. The molecular formula is C24H34F3N3O3. The molecule has 3 rings (SSSR count). The van der Waals surface area contributed by atoms with Crippen molar-refractivity contribution in [3.05, 3.63) is 29.1 Å². The van der Waals surface area contributed by atoms with Crippen LogP contribution in [0.1, 0.15) is 63.8 Å². The van der Waals surface area contributed by atoms with Crippen LogP contribution in [0.2, 0.25) is 0 Å². The highest BCUT2D eigenvalue weighted by atomic mass is 19.4. The van der Waals surface area contributed by atoms with Crippen molar-refractivity contribution in [2.24, 2.45) is 16.7 Å². The van der Waals surface area contributed by atoms with E-state index in [2.05, 4.69) is 10.3 Å². The van der Waals surface area contributed by atoms with Crippen molar-refractivity contribution in [1.29, 1.82) is 0 Å². The molecule has 1 amide bonds. The maximum Gasteiger partial charge on any atom is 0.417 e. The Labute approximate surface area is 193 Å². The summed E-state index contributed by atoms with van der Waals surface area (Å²) >= 11 is 0. The highest BCUT2D eigenvalue weighted by Crippen LogP contribution is 2.46. The Balaban J connectivity index is 1.73. The minimum absolute atomic E-state index is 0.00269. The topological polar surface area (TPSA) is 71.5 Å². The van der Waals surface area contributed by atoms with Gasteiger partial charge >= 0.3 is 12.1 Å². The van der Waals surface area contributed by atoms with Gasteiger partial charge < -0.3 is 15.0 Å². The molecule has 0 aromatic carbocycles. The largest absolute Gasteiger partial charge is 0.469 e. The lowest BCUT2D eigenvalue weighted by molar-refractivity contribution is -0.150. The molecule has 1 aliphatic carbocycles. The summed E-state index contributed by atoms with van der Waals surface area (Å²) < 4.78 is 44.3. The van der Waals surface area contributed by atoms with E-state index in [1.807, 2.05) is 27.7 Å². The van der Waals surface area contributed by atoms with E-state index in [9.17, 15) is 22.8 Å². The fraction of sp³-hybridized carbons (Fsp3) is 0.708. The van der Waals surface area contributed by atoms with Gasteiger partial charge in [-0.3, -0.25) is 14.6 Å². The number of carbonyl (C=O) groups excluding carboxylic acids is 2. The molecule has 0 saturated heterocycles. The second kappa shape index (κ2) is 9.24. The first-order chi connectivity index (χ1) is 15.3. The van der Waals surface area contributed by atoms with Gasteiger partial charge in [0.1, 0.15) is 0 Å². The second-order valence-corrected chi connectivity index (χ2v) is 10.3. The number of ether oxygens (including phenoxy) is 1. The van der Waals surface area contributed by atoms with Crippen molar-refractivity contribution < 1.29 is 27.5 Å². The Bertz CT molecular complexity index is 901. The Morgan fingerprint density at radius 3 is 2.64 bits per heavy atom. The van der Waals surface area contributed by atoms with E-state index in [0.29, 0.717) is 43.6 Å². The molecule has 1 aliphatic heterocycles. The van der Waals surface area contributed by atoms with Crippen LogP contribution in [0.15, 0.2) is 12.3 Å². The third-order valence-electron chi connectivity index (χ3n) is 7.31. The summed E-state index contributed by atoms with van der Waals surface area (Å²) in [6, 6.07) is 1.20. The van der Waals surface area contributed by atoms with Crippen molar-refractivity contribution in [1.82, 2.24) is 15.2 Å². The van der Waals surface area contributed by atoms with Crippen molar-refractivity contribution in [3.63, 3.8) is 0 Å². The SMILES string of the molecule is COC(=O)C(C)(C)CN[C@@H]1CC[C@@](C(=O)N2CCc3ncc(C(F)(F)F)cc3C2)(C(C)C)C1. The normalized spacial score (nSPS) is 23.5. The first-order valence-electron chi connectivity index (χ1n) is 11.5. The van der Waals surface area contributed by atoms with Gasteiger partial charge in [0.15, 0.2) is 0 Å². The van der Waals surface area contributed by atoms with E-state index in [1.54, 1.807) is 4.90 Å². The number of hydrogen-bond donors (Lipinski definition) is 1. The van der Waals surface area contributed by atoms with E-state index in [-0.39, 0.29) is 30.4 Å². The standard InChI is InChI=1S/C24H34F3N3O3/c1-15(2)23(8-6-18(11-23)29-14-22(3,4)21(32)33-5)20(31)30-9-7-19-16(13-30)10-17(12-28-19)24(25,26)27/h10,12,15,18,29H,6-9,11,13-14H2,1-5H3/t18-,23+/m1/s1. The zero-order valence-corrected chi connectivity index (χ0v) is 20.0. The number of methoxy groups -OCH3 is 1. The van der Waals surface area contributed by atoms with Crippen molar-refractivity contribution in [2.75, 3.05) is 20.2 Å². The number of fused-ring (bicyclic) bond motifs is 1. The second-order valence-electron chi connectivity index (χ2n) is 10.3. The van der Waals surface area contributed by atoms with Gasteiger partial charge in [-0.2, -0.15) is 13.2 Å². The molecule has 0 spiro atoms. The van der Waals surface area contributed by atoms with Crippen LogP contribution in [-0.4, -0.2) is 48.0 Å². The summed E-state index contributed by atoms with van der Waals surface area (Å²) in [5.41, 5.74) is -0.952. The van der Waals surface area contributed by atoms with E-state index >= 15 is 0 Å². The highest BCUT2D eigenvalue weighted by Gasteiger charge is 2.50. The molecule has 6 nitrogen and oxygen atoms in total. The first-order valence-corrected chi connectivity index (χ1v) is 11.5. The van der Waals surface area contributed by atoms with Crippen LogP contribution >= 0.6 is 0 Å². The van der Waals surface area contributed by atoms with Crippen molar-refractivity contribution in [2.45, 2.75) is 72.1 Å². The number of aromatic nitrogens is 1. The molecule has 1 fully saturated rings. The predicted molar refractivity (Wildman–Crippen MR) is 117 cm³/mol. The maximum absolute atomic E-state index is 13.7. The number of rotatable bonds is 6. The predicted octanol–water partition coefficient (Wildman–Crippen LogP) is 3.97. The van der Waals surface area contributed by atoms with Crippen molar-refractivity contribution in [3.8, 4) is 0 Å². The number of nitrogens with zero attached hydrogens (tertiary/aromatic N) is 2. The lowest BCUT2D eigenvalue weighted by Gasteiger charge is -2.39. The van der Waals surface area contributed by atoms with E-state index in [0.717, 1.165) is 18.7 Å². The Morgan fingerprint density at radius 2 is 2.03 bits per heavy atom. The molecule has 0 unspecified atom stereocenters. The van der Waals surface area contributed by atoms with Crippen LogP contribution < -0.4 is 5.32 Å². The third-order valence-corrected chi connectivity index (χ3v) is 7.31. The van der Waals surface area contributed by atoms with Crippen LogP contribution in [0.25, 0.3) is 0 Å². The number of alkyl halides is 3. The zero-order chi connectivity index (χ0) is 24.6. The number of nitrogens with one attached hydrogen (secondary N) is 1. The van der Waals surface area contributed by atoms with Crippen LogP contribution in [0.5, 0.6) is 0 Å². The monoisotopic (exact) mass is 469 g/mol. The summed E-state index contributed by atoms with van der Waals surface area (Å²) in [6.45, 7) is 8.72. The van der Waals surface area contributed by atoms with Gasteiger partial charge in [0, 0.05) is 44.0 Å². The molecule has 1 N–H and O–H groups in total. The first kappa shape index (κ1) is 25.5. The molecular weight excluding hydrogens is 435 g/mol. The molecule has 1 aromatic rings. The molecule has 1 aromatic heterocycles. The third kappa shape index (κ3) is 5.18. The molecule has 0 radical (unpaired) electrons. The van der Waals surface area contributed by atoms with E-state index < -0.39 is 22.6 Å². The molecule has 1 saturated carbocycles. The lowest BCUT2D eigenvalue weighted by Crippen LogP contribution is -2.48. The average molecular weight is 470 g/mol. The zero-order valence-electron chi connectivity index (χ0n) is 20.0. The molecule has 2 aliphatic rings. The summed E-state index contributed by atoms with van der Waals surface area (Å²) in [4.78, 5) is 31.4.